The van der Waals surface area contributed by atoms with Crippen LogP contribution in [0.4, 0.5) is 0 Å². The molecule has 0 spiro atoms. The molecule has 1 aromatic carbocycles. The first-order valence-electron chi connectivity index (χ1n) is 7.89. The average molecular weight is 304 g/mol. The first-order chi connectivity index (χ1) is 10.7. The standard InChI is InChI=1S/C17H24N2O3/c1-18-17(20)8-15-7-13-10-19(11-16(13)22-15)9-12-4-3-5-14(6-12)21-2/h3-6,13,15-16H,7-11H2,1-2H3,(H,18,20)/t13-,15-,16+/m0/s1. The smallest absolute Gasteiger partial charge is 0.222 e. The molecule has 5 heteroatoms. The van der Waals surface area contributed by atoms with Crippen LogP contribution in [0.25, 0.3) is 0 Å². The van der Waals surface area contributed by atoms with E-state index in [1.54, 1.807) is 14.2 Å². The third-order valence-corrected chi connectivity index (χ3v) is 4.62. The van der Waals surface area contributed by atoms with Crippen molar-refractivity contribution in [1.82, 2.24) is 10.2 Å². The molecular formula is C17H24N2O3. The van der Waals surface area contributed by atoms with E-state index in [1.165, 1.54) is 5.56 Å². The first-order valence-corrected chi connectivity index (χ1v) is 7.89. The number of nitrogens with one attached hydrogen (secondary N) is 1. The highest BCUT2D eigenvalue weighted by Crippen LogP contribution is 2.34. The Morgan fingerprint density at radius 1 is 1.45 bits per heavy atom. The monoisotopic (exact) mass is 304 g/mol. The fourth-order valence-electron chi connectivity index (χ4n) is 3.55. The van der Waals surface area contributed by atoms with Crippen LogP contribution < -0.4 is 10.1 Å². The summed E-state index contributed by atoms with van der Waals surface area (Å²) in [4.78, 5) is 13.9. The Morgan fingerprint density at radius 2 is 2.32 bits per heavy atom. The number of ether oxygens (including phenoxy) is 2. The second kappa shape index (κ2) is 6.67. The lowest BCUT2D eigenvalue weighted by atomic mass is 10.0. The van der Waals surface area contributed by atoms with Crippen LogP contribution in [0.1, 0.15) is 18.4 Å². The van der Waals surface area contributed by atoms with Crippen LogP contribution in [0.5, 0.6) is 5.75 Å². The molecule has 2 heterocycles. The van der Waals surface area contributed by atoms with Gasteiger partial charge in [0.05, 0.1) is 25.7 Å². The Kier molecular flexibility index (Phi) is 4.64. The number of rotatable bonds is 5. The van der Waals surface area contributed by atoms with Gasteiger partial charge in [-0.05, 0) is 24.1 Å². The number of carbonyl (C=O) groups excluding carboxylic acids is 1. The number of benzene rings is 1. The van der Waals surface area contributed by atoms with Crippen molar-refractivity contribution in [2.24, 2.45) is 5.92 Å². The number of nitrogens with zero attached hydrogens (tertiary/aromatic N) is 1. The Labute approximate surface area is 131 Å². The molecule has 2 fully saturated rings. The average Bonchev–Trinajstić information content (AvgIpc) is 3.04. The van der Waals surface area contributed by atoms with E-state index in [2.05, 4.69) is 22.3 Å². The molecule has 0 saturated carbocycles. The molecule has 1 amide bonds. The number of amides is 1. The van der Waals surface area contributed by atoms with Crippen LogP contribution >= 0.6 is 0 Å². The number of hydrogen-bond donors (Lipinski definition) is 1. The molecule has 1 N–H and O–H groups in total. The van der Waals surface area contributed by atoms with Gasteiger partial charge in [0.15, 0.2) is 0 Å². The number of carbonyl (C=O) groups is 1. The molecule has 0 unspecified atom stereocenters. The summed E-state index contributed by atoms with van der Waals surface area (Å²) in [7, 11) is 3.37. The molecule has 1 aromatic rings. The van der Waals surface area contributed by atoms with Gasteiger partial charge in [0, 0.05) is 32.6 Å². The second-order valence-corrected chi connectivity index (χ2v) is 6.22. The van der Waals surface area contributed by atoms with E-state index in [4.69, 9.17) is 9.47 Å². The summed E-state index contributed by atoms with van der Waals surface area (Å²) in [5.41, 5.74) is 1.27. The van der Waals surface area contributed by atoms with Crippen molar-refractivity contribution >= 4 is 5.91 Å². The largest absolute Gasteiger partial charge is 0.497 e. The molecule has 0 aliphatic carbocycles. The van der Waals surface area contributed by atoms with Gasteiger partial charge < -0.3 is 14.8 Å². The Bertz CT molecular complexity index is 520. The van der Waals surface area contributed by atoms with E-state index < -0.39 is 0 Å². The molecule has 2 saturated heterocycles. The summed E-state index contributed by atoms with van der Waals surface area (Å²) in [5, 5.41) is 2.67. The Hall–Kier alpha value is -1.59. The summed E-state index contributed by atoms with van der Waals surface area (Å²) >= 11 is 0. The zero-order valence-electron chi connectivity index (χ0n) is 13.2. The van der Waals surface area contributed by atoms with Gasteiger partial charge >= 0.3 is 0 Å². The highest BCUT2D eigenvalue weighted by atomic mass is 16.5. The van der Waals surface area contributed by atoms with Crippen molar-refractivity contribution in [2.75, 3.05) is 27.2 Å². The third kappa shape index (κ3) is 3.42. The number of fused-ring (bicyclic) bond motifs is 1. The van der Waals surface area contributed by atoms with Gasteiger partial charge in [-0.3, -0.25) is 9.69 Å². The van der Waals surface area contributed by atoms with E-state index in [-0.39, 0.29) is 18.1 Å². The fraction of sp³-hybridized carbons (Fsp3) is 0.588. The van der Waals surface area contributed by atoms with E-state index in [0.29, 0.717) is 12.3 Å². The fourth-order valence-corrected chi connectivity index (χ4v) is 3.55. The molecule has 2 aliphatic heterocycles. The van der Waals surface area contributed by atoms with E-state index in [9.17, 15) is 4.79 Å². The minimum Gasteiger partial charge on any atom is -0.497 e. The van der Waals surface area contributed by atoms with Gasteiger partial charge in [-0.2, -0.15) is 0 Å². The summed E-state index contributed by atoms with van der Waals surface area (Å²) < 4.78 is 11.3. The Balaban J connectivity index is 1.51. The zero-order valence-corrected chi connectivity index (χ0v) is 13.2. The van der Waals surface area contributed by atoms with Gasteiger partial charge in [-0.1, -0.05) is 12.1 Å². The van der Waals surface area contributed by atoms with Crippen molar-refractivity contribution in [3.8, 4) is 5.75 Å². The lowest BCUT2D eigenvalue weighted by Gasteiger charge is -2.19. The van der Waals surface area contributed by atoms with Gasteiger partial charge in [-0.15, -0.1) is 0 Å². The molecular weight excluding hydrogens is 280 g/mol. The molecule has 22 heavy (non-hydrogen) atoms. The highest BCUT2D eigenvalue weighted by molar-refractivity contribution is 5.76. The third-order valence-electron chi connectivity index (χ3n) is 4.62. The van der Waals surface area contributed by atoms with E-state index in [0.717, 1.165) is 31.8 Å². The van der Waals surface area contributed by atoms with Gasteiger partial charge in [-0.25, -0.2) is 0 Å². The zero-order chi connectivity index (χ0) is 15.5. The number of likely N-dealkylation sites (tertiary alicyclic amines) is 1. The molecule has 3 rings (SSSR count). The maximum atomic E-state index is 11.4. The van der Waals surface area contributed by atoms with Crippen molar-refractivity contribution in [1.29, 1.82) is 0 Å². The van der Waals surface area contributed by atoms with Crippen LogP contribution in [-0.2, 0) is 16.1 Å². The minimum atomic E-state index is 0.0678. The Morgan fingerprint density at radius 3 is 3.05 bits per heavy atom. The molecule has 0 bridgehead atoms. The normalized spacial score (nSPS) is 27.6. The first kappa shape index (κ1) is 15.3. The lowest BCUT2D eigenvalue weighted by Crippen LogP contribution is -2.28. The summed E-state index contributed by atoms with van der Waals surface area (Å²) in [5.74, 6) is 1.53. The minimum absolute atomic E-state index is 0.0678. The van der Waals surface area contributed by atoms with Crippen molar-refractivity contribution < 1.29 is 14.3 Å². The van der Waals surface area contributed by atoms with Crippen LogP contribution in [0.15, 0.2) is 24.3 Å². The van der Waals surface area contributed by atoms with Gasteiger partial charge in [0.25, 0.3) is 0 Å². The molecule has 0 radical (unpaired) electrons. The summed E-state index contributed by atoms with van der Waals surface area (Å²) in [6.45, 7) is 2.92. The number of hydrogen-bond acceptors (Lipinski definition) is 4. The molecule has 0 aromatic heterocycles. The van der Waals surface area contributed by atoms with Crippen molar-refractivity contribution in [3.63, 3.8) is 0 Å². The van der Waals surface area contributed by atoms with E-state index in [1.807, 2.05) is 12.1 Å². The van der Waals surface area contributed by atoms with E-state index >= 15 is 0 Å². The summed E-state index contributed by atoms with van der Waals surface area (Å²) in [6, 6.07) is 8.21. The SMILES string of the molecule is CNC(=O)C[C@@H]1C[C@H]2CN(Cc3cccc(OC)c3)C[C@H]2O1. The lowest BCUT2D eigenvalue weighted by molar-refractivity contribution is -0.123. The molecule has 2 aliphatic rings. The second-order valence-electron chi connectivity index (χ2n) is 6.22. The quantitative estimate of drug-likeness (QED) is 0.894. The summed E-state index contributed by atoms with van der Waals surface area (Å²) in [6.07, 6.45) is 1.85. The van der Waals surface area contributed by atoms with Crippen LogP contribution in [-0.4, -0.2) is 50.3 Å². The molecule has 3 atom stereocenters. The van der Waals surface area contributed by atoms with Crippen LogP contribution in [0, 0.1) is 5.92 Å². The molecule has 5 nitrogen and oxygen atoms in total. The van der Waals surface area contributed by atoms with Crippen molar-refractivity contribution in [3.05, 3.63) is 29.8 Å². The predicted octanol–water partition coefficient (Wildman–Crippen LogP) is 1.42. The number of methoxy groups -OCH3 is 1. The maximum absolute atomic E-state index is 11.4. The highest BCUT2D eigenvalue weighted by Gasteiger charge is 2.42. The topological polar surface area (TPSA) is 50.8 Å². The predicted molar refractivity (Wildman–Crippen MR) is 83.7 cm³/mol. The van der Waals surface area contributed by atoms with Crippen LogP contribution in [0.3, 0.4) is 0 Å². The van der Waals surface area contributed by atoms with Gasteiger partial charge in [0.1, 0.15) is 5.75 Å². The maximum Gasteiger partial charge on any atom is 0.222 e. The molecule has 120 valence electrons. The van der Waals surface area contributed by atoms with Crippen LogP contribution in [0.2, 0.25) is 0 Å². The van der Waals surface area contributed by atoms with Crippen molar-refractivity contribution in [2.45, 2.75) is 31.6 Å². The van der Waals surface area contributed by atoms with Gasteiger partial charge in [0.2, 0.25) is 5.91 Å².